The number of methoxy groups -OCH3 is 2. The highest BCUT2D eigenvalue weighted by atomic mass is 32.2. The zero-order valence-electron chi connectivity index (χ0n) is 33.1. The van der Waals surface area contributed by atoms with Gasteiger partial charge in [0.15, 0.2) is 0 Å². The fourth-order valence-electron chi connectivity index (χ4n) is 7.95. The van der Waals surface area contributed by atoms with Crippen molar-refractivity contribution in [2.75, 3.05) is 20.8 Å². The Morgan fingerprint density at radius 2 is 1.75 bits per heavy atom. The third kappa shape index (κ3) is 7.52. The number of ether oxygens (including phenoxy) is 3. The molecule has 4 aromatic carbocycles. The van der Waals surface area contributed by atoms with Crippen LogP contribution in [0.1, 0.15) is 70.7 Å². The summed E-state index contributed by atoms with van der Waals surface area (Å²) in [5.41, 5.74) is 7.77. The Morgan fingerprint density at radius 3 is 2.53 bits per heavy atom. The molecule has 1 aliphatic rings. The summed E-state index contributed by atoms with van der Waals surface area (Å²) in [5.74, 6) is 2.68. The van der Waals surface area contributed by atoms with Crippen LogP contribution in [0.2, 0.25) is 0 Å². The van der Waals surface area contributed by atoms with E-state index in [0.717, 1.165) is 77.8 Å². The Balaban J connectivity index is 1.27. The highest BCUT2D eigenvalue weighted by Crippen LogP contribution is 2.41. The fourth-order valence-corrected chi connectivity index (χ4v) is 9.73. The number of esters is 1. The van der Waals surface area contributed by atoms with Crippen LogP contribution < -0.4 is 9.47 Å². The molecule has 3 aromatic heterocycles. The Hall–Kier alpha value is -5.20. The third-order valence-electron chi connectivity index (χ3n) is 10.7. The van der Waals surface area contributed by atoms with Crippen molar-refractivity contribution >= 4 is 51.2 Å². The van der Waals surface area contributed by atoms with Gasteiger partial charge in [-0.3, -0.25) is 9.36 Å². The summed E-state index contributed by atoms with van der Waals surface area (Å²) in [6.45, 7) is 7.23. The first-order valence-corrected chi connectivity index (χ1v) is 21.3. The molecule has 9 nitrogen and oxygen atoms in total. The van der Waals surface area contributed by atoms with Crippen molar-refractivity contribution in [3.8, 4) is 22.6 Å². The molecule has 4 heterocycles. The standard InChI is InChI=1S/C45H46FN5O4S2/c1-27(2)51-32-21-31(47-51)24-56-26-39-41(28(3)50(48-39)23-29-13-15-33(53-5)16-14-29)42-38(46)18-17-37-36(44(45(52)54-6)49(4)43(37)42)12-9-19-55-40-22-34(57-25-32)20-30-10-7-8-11-35(30)40/h7-8,10-11,13-18,20-22,27H,9,12,19,23-26H2,1-6H3. The average Bonchev–Trinajstić information content (AvgIpc) is 3.86. The summed E-state index contributed by atoms with van der Waals surface area (Å²) in [5, 5.41) is 13.2. The van der Waals surface area contributed by atoms with Crippen LogP contribution in [0.5, 0.6) is 11.5 Å². The van der Waals surface area contributed by atoms with Gasteiger partial charge in [0.25, 0.3) is 0 Å². The van der Waals surface area contributed by atoms with E-state index in [0.29, 0.717) is 54.3 Å². The van der Waals surface area contributed by atoms with Crippen LogP contribution in [0.25, 0.3) is 32.8 Å². The van der Waals surface area contributed by atoms with E-state index in [9.17, 15) is 4.79 Å². The van der Waals surface area contributed by atoms with Gasteiger partial charge in [0, 0.05) is 68.5 Å². The molecule has 0 N–H and O–H groups in total. The SMILES string of the molecule is COC(=O)c1c2c3ccc(F)c(c3n1C)-c1c(nn(Cc3ccc(OC)cc3)c1C)CSCc1cc(n(C(C)C)n1)CSc1cc(c3ccccc3c1)OCCC2. The largest absolute Gasteiger partial charge is 0.497 e. The Labute approximate surface area is 340 Å². The first kappa shape index (κ1) is 38.7. The number of rotatable bonds is 5. The zero-order valence-corrected chi connectivity index (χ0v) is 34.7. The van der Waals surface area contributed by atoms with Crippen LogP contribution in [0.3, 0.4) is 0 Å². The molecule has 1 aliphatic heterocycles. The number of aryl methyl sites for hydroxylation is 2. The molecule has 0 saturated carbocycles. The van der Waals surface area contributed by atoms with Crippen molar-refractivity contribution in [2.45, 2.75) is 68.4 Å². The molecule has 294 valence electrons. The average molecular weight is 804 g/mol. The lowest BCUT2D eigenvalue weighted by molar-refractivity contribution is 0.0589. The van der Waals surface area contributed by atoms with Gasteiger partial charge in [-0.15, -0.1) is 23.5 Å². The van der Waals surface area contributed by atoms with Gasteiger partial charge in [0.1, 0.15) is 23.0 Å². The van der Waals surface area contributed by atoms with E-state index in [1.54, 1.807) is 41.3 Å². The van der Waals surface area contributed by atoms with E-state index in [1.165, 1.54) is 13.2 Å². The van der Waals surface area contributed by atoms with Crippen molar-refractivity contribution in [3.05, 3.63) is 124 Å². The number of thioether (sulfide) groups is 2. The van der Waals surface area contributed by atoms with Crippen molar-refractivity contribution in [1.29, 1.82) is 0 Å². The minimum atomic E-state index is -0.468. The summed E-state index contributed by atoms with van der Waals surface area (Å²) in [7, 11) is 4.85. The van der Waals surface area contributed by atoms with Crippen molar-refractivity contribution in [1.82, 2.24) is 24.1 Å². The second-order valence-corrected chi connectivity index (χ2v) is 16.7. The maximum Gasteiger partial charge on any atom is 0.354 e. The van der Waals surface area contributed by atoms with Gasteiger partial charge in [-0.25, -0.2) is 9.18 Å². The molecule has 0 saturated heterocycles. The van der Waals surface area contributed by atoms with Gasteiger partial charge >= 0.3 is 5.97 Å². The number of halogens is 1. The molecule has 0 atom stereocenters. The number of fused-ring (bicyclic) bond motifs is 8. The minimum Gasteiger partial charge on any atom is -0.497 e. The van der Waals surface area contributed by atoms with E-state index in [-0.39, 0.29) is 11.9 Å². The van der Waals surface area contributed by atoms with E-state index < -0.39 is 5.97 Å². The van der Waals surface area contributed by atoms with Crippen LogP contribution in [-0.4, -0.2) is 50.9 Å². The molecule has 8 rings (SSSR count). The second kappa shape index (κ2) is 16.3. The van der Waals surface area contributed by atoms with Gasteiger partial charge in [0.05, 0.1) is 44.3 Å². The lowest BCUT2D eigenvalue weighted by atomic mass is 9.98. The Kier molecular flexibility index (Phi) is 11.1. The lowest BCUT2D eigenvalue weighted by Gasteiger charge is -2.14. The van der Waals surface area contributed by atoms with Crippen LogP contribution in [-0.2, 0) is 42.0 Å². The number of hydrogen-bond donors (Lipinski definition) is 0. The lowest BCUT2D eigenvalue weighted by Crippen LogP contribution is -2.11. The predicted octanol–water partition coefficient (Wildman–Crippen LogP) is 10.3. The first-order chi connectivity index (χ1) is 27.6. The Morgan fingerprint density at radius 1 is 0.947 bits per heavy atom. The first-order valence-electron chi connectivity index (χ1n) is 19.2. The summed E-state index contributed by atoms with van der Waals surface area (Å²) in [4.78, 5) is 14.7. The highest BCUT2D eigenvalue weighted by Gasteiger charge is 2.29. The number of benzene rings is 4. The van der Waals surface area contributed by atoms with Crippen molar-refractivity contribution in [3.63, 3.8) is 0 Å². The zero-order chi connectivity index (χ0) is 39.8. The predicted molar refractivity (Wildman–Crippen MR) is 227 cm³/mol. The maximum atomic E-state index is 16.6. The van der Waals surface area contributed by atoms with Crippen LogP contribution in [0.4, 0.5) is 4.39 Å². The molecule has 0 aliphatic carbocycles. The molecule has 0 unspecified atom stereocenters. The maximum absolute atomic E-state index is 16.6. The normalized spacial score (nSPS) is 13.8. The number of carbonyl (C=O) groups is 1. The van der Waals surface area contributed by atoms with Crippen LogP contribution in [0, 0.1) is 12.7 Å². The second-order valence-electron chi connectivity index (χ2n) is 14.7. The van der Waals surface area contributed by atoms with E-state index in [4.69, 9.17) is 24.4 Å². The summed E-state index contributed by atoms with van der Waals surface area (Å²) >= 11 is 3.48. The van der Waals surface area contributed by atoms with Crippen molar-refractivity contribution in [2.24, 2.45) is 7.05 Å². The van der Waals surface area contributed by atoms with E-state index in [1.807, 2.05) is 55.1 Å². The van der Waals surface area contributed by atoms with Gasteiger partial charge in [-0.1, -0.05) is 36.4 Å². The molecule has 0 radical (unpaired) electrons. The van der Waals surface area contributed by atoms with Crippen LogP contribution in [0.15, 0.2) is 83.8 Å². The topological polar surface area (TPSA) is 85.3 Å². The highest BCUT2D eigenvalue weighted by molar-refractivity contribution is 7.98. The molecule has 8 bridgehead atoms. The number of aromatic nitrogens is 5. The molecule has 0 amide bonds. The summed E-state index contributed by atoms with van der Waals surface area (Å²) in [6.07, 6.45) is 1.15. The molecule has 7 aromatic rings. The monoisotopic (exact) mass is 803 g/mol. The summed E-state index contributed by atoms with van der Waals surface area (Å²) < 4.78 is 39.8. The fraction of sp³-hybridized carbons (Fsp3) is 0.311. The van der Waals surface area contributed by atoms with Gasteiger partial charge in [-0.05, 0) is 92.6 Å². The molecular weight excluding hydrogens is 758 g/mol. The number of carbonyl (C=O) groups excluding carboxylic acids is 1. The molecule has 0 spiro atoms. The van der Waals surface area contributed by atoms with E-state index >= 15 is 4.39 Å². The molecular formula is C45H46FN5O4S2. The van der Waals surface area contributed by atoms with Crippen LogP contribution >= 0.6 is 23.5 Å². The molecule has 12 heteroatoms. The quantitative estimate of drug-likeness (QED) is 0.159. The van der Waals surface area contributed by atoms with Crippen molar-refractivity contribution < 1.29 is 23.4 Å². The van der Waals surface area contributed by atoms with Gasteiger partial charge < -0.3 is 18.8 Å². The van der Waals surface area contributed by atoms with E-state index in [2.05, 4.69) is 48.9 Å². The minimum absolute atomic E-state index is 0.191. The third-order valence-corrected chi connectivity index (χ3v) is 12.6. The summed E-state index contributed by atoms with van der Waals surface area (Å²) in [6, 6.07) is 26.2. The number of nitrogens with zero attached hydrogens (tertiary/aromatic N) is 5. The Bertz CT molecular complexity index is 2610. The number of hydrogen-bond acceptors (Lipinski definition) is 8. The molecule has 57 heavy (non-hydrogen) atoms. The molecule has 0 fully saturated rings. The van der Waals surface area contributed by atoms with Gasteiger partial charge in [0.2, 0.25) is 0 Å². The smallest absolute Gasteiger partial charge is 0.354 e. The van der Waals surface area contributed by atoms with Gasteiger partial charge in [-0.2, -0.15) is 10.2 Å².